The van der Waals surface area contributed by atoms with Gasteiger partial charge in [-0.3, -0.25) is 9.59 Å². The number of rotatable bonds is 6. The van der Waals surface area contributed by atoms with Crippen LogP contribution in [0.15, 0.2) is 48.5 Å². The fourth-order valence-electron chi connectivity index (χ4n) is 3.51. The van der Waals surface area contributed by atoms with Crippen LogP contribution in [0.4, 0.5) is 18.0 Å². The van der Waals surface area contributed by atoms with E-state index in [0.717, 1.165) is 22.3 Å². The number of nitrogens with one attached hydrogen (secondary N) is 2. The summed E-state index contributed by atoms with van der Waals surface area (Å²) in [6.07, 6.45) is -7.06. The molecule has 3 rings (SSSR count). The van der Waals surface area contributed by atoms with Crippen LogP contribution in [0.2, 0.25) is 0 Å². The van der Waals surface area contributed by atoms with Gasteiger partial charge in [0.2, 0.25) is 0 Å². The smallest absolute Gasteiger partial charge is 0.409 e. The van der Waals surface area contributed by atoms with Crippen molar-refractivity contribution in [3.05, 3.63) is 59.7 Å². The van der Waals surface area contributed by atoms with Crippen molar-refractivity contribution >= 4 is 18.0 Å². The van der Waals surface area contributed by atoms with Crippen LogP contribution in [0.3, 0.4) is 0 Å². The van der Waals surface area contributed by atoms with Crippen molar-refractivity contribution in [2.24, 2.45) is 0 Å². The summed E-state index contributed by atoms with van der Waals surface area (Å²) >= 11 is 0. The maximum absolute atomic E-state index is 12.7. The Balaban J connectivity index is 1.50. The van der Waals surface area contributed by atoms with E-state index in [4.69, 9.17) is 9.84 Å². The molecular formula is C23H19F3N2O5. The number of carbonyl (C=O) groups is 3. The van der Waals surface area contributed by atoms with E-state index in [2.05, 4.69) is 11.2 Å². The molecule has 0 fully saturated rings. The monoisotopic (exact) mass is 460 g/mol. The lowest BCUT2D eigenvalue weighted by molar-refractivity contribution is -0.169. The normalized spacial score (nSPS) is 13.1. The second kappa shape index (κ2) is 10.1. The fourth-order valence-corrected chi connectivity index (χ4v) is 3.51. The number of hydrogen-bond donors (Lipinski definition) is 3. The van der Waals surface area contributed by atoms with Gasteiger partial charge < -0.3 is 20.5 Å². The van der Waals surface area contributed by atoms with Crippen molar-refractivity contribution in [3.8, 4) is 23.0 Å². The van der Waals surface area contributed by atoms with E-state index in [9.17, 15) is 27.6 Å². The fraction of sp³-hybridized carbons (Fsp3) is 0.261. The summed E-state index contributed by atoms with van der Waals surface area (Å²) in [6.45, 7) is -0.282. The minimum Gasteiger partial charge on any atom is -0.481 e. The van der Waals surface area contributed by atoms with Gasteiger partial charge in [-0.05, 0) is 28.2 Å². The average molecular weight is 460 g/mol. The van der Waals surface area contributed by atoms with E-state index in [1.54, 1.807) is 0 Å². The van der Waals surface area contributed by atoms with E-state index >= 15 is 0 Å². The molecule has 0 aromatic heterocycles. The third kappa shape index (κ3) is 6.04. The molecule has 1 aliphatic carbocycles. The number of hydrogen-bond acceptors (Lipinski definition) is 4. The maximum Gasteiger partial charge on any atom is 0.409 e. The van der Waals surface area contributed by atoms with Gasteiger partial charge in [-0.1, -0.05) is 54.5 Å². The van der Waals surface area contributed by atoms with Crippen molar-refractivity contribution in [3.63, 3.8) is 0 Å². The molecule has 2 amide bonds. The van der Waals surface area contributed by atoms with Crippen molar-refractivity contribution in [1.29, 1.82) is 0 Å². The Hall–Kier alpha value is -4.00. The minimum atomic E-state index is -4.94. The molecule has 0 saturated carbocycles. The van der Waals surface area contributed by atoms with Crippen LogP contribution in [0.5, 0.6) is 0 Å². The molecule has 2 aromatic rings. The summed E-state index contributed by atoms with van der Waals surface area (Å²) in [5.41, 5.74) is 4.20. The van der Waals surface area contributed by atoms with Gasteiger partial charge in [0.15, 0.2) is 0 Å². The minimum absolute atomic E-state index is 0.0657. The Labute approximate surface area is 186 Å². The first-order chi connectivity index (χ1) is 15.7. The van der Waals surface area contributed by atoms with Gasteiger partial charge in [-0.2, -0.15) is 13.2 Å². The number of amides is 2. The largest absolute Gasteiger partial charge is 0.481 e. The van der Waals surface area contributed by atoms with Gasteiger partial charge in [0.25, 0.3) is 5.91 Å². The second-order valence-corrected chi connectivity index (χ2v) is 7.15. The molecule has 172 valence electrons. The highest BCUT2D eigenvalue weighted by molar-refractivity contribution is 5.94. The first-order valence-electron chi connectivity index (χ1n) is 9.83. The number of alkyl carbamates (subject to hydrolysis) is 1. The lowest BCUT2D eigenvalue weighted by Gasteiger charge is -2.18. The molecule has 0 saturated heterocycles. The van der Waals surface area contributed by atoms with E-state index in [0.29, 0.717) is 0 Å². The summed E-state index contributed by atoms with van der Waals surface area (Å²) in [5, 5.41) is 12.3. The standard InChI is InChI=1S/C23H19F3N2O5/c24-23(25,26)19(12-21(30)31)28-20(29)10-5-11-27-22(32)33-13-18-16-8-3-1-6-14(16)15-7-2-4-9-17(15)18/h1-4,6-9,18-19H,11-13H2,(H,27,32)(H,28,29)(H,30,31). The van der Waals surface area contributed by atoms with Crippen LogP contribution >= 0.6 is 0 Å². The van der Waals surface area contributed by atoms with Crippen LogP contribution in [-0.2, 0) is 14.3 Å². The highest BCUT2D eigenvalue weighted by atomic mass is 19.4. The third-order valence-corrected chi connectivity index (χ3v) is 4.95. The number of fused-ring (bicyclic) bond motifs is 3. The molecule has 1 unspecified atom stereocenters. The number of alkyl halides is 3. The van der Waals surface area contributed by atoms with E-state index in [1.165, 1.54) is 5.32 Å². The molecule has 1 aliphatic rings. The van der Waals surface area contributed by atoms with E-state index in [1.807, 2.05) is 54.5 Å². The number of ether oxygens (including phenoxy) is 1. The quantitative estimate of drug-likeness (QED) is 0.575. The second-order valence-electron chi connectivity index (χ2n) is 7.15. The van der Waals surface area contributed by atoms with Gasteiger partial charge in [0.1, 0.15) is 12.6 Å². The summed E-state index contributed by atoms with van der Waals surface area (Å²) < 4.78 is 43.5. The molecule has 10 heteroatoms. The predicted molar refractivity (Wildman–Crippen MR) is 111 cm³/mol. The van der Waals surface area contributed by atoms with Crippen molar-refractivity contribution in [2.45, 2.75) is 24.6 Å². The van der Waals surface area contributed by atoms with Crippen LogP contribution in [0.1, 0.15) is 23.5 Å². The van der Waals surface area contributed by atoms with Crippen LogP contribution < -0.4 is 10.6 Å². The zero-order valence-corrected chi connectivity index (χ0v) is 17.1. The van der Waals surface area contributed by atoms with E-state index < -0.39 is 36.6 Å². The molecule has 1 atom stereocenters. The van der Waals surface area contributed by atoms with Crippen molar-refractivity contribution in [2.75, 3.05) is 13.2 Å². The average Bonchev–Trinajstić information content (AvgIpc) is 3.08. The van der Waals surface area contributed by atoms with Crippen LogP contribution in [-0.4, -0.2) is 48.4 Å². The van der Waals surface area contributed by atoms with Gasteiger partial charge in [-0.15, -0.1) is 0 Å². The summed E-state index contributed by atoms with van der Waals surface area (Å²) in [6, 6.07) is 13.0. The third-order valence-electron chi connectivity index (χ3n) is 4.95. The van der Waals surface area contributed by atoms with Crippen molar-refractivity contribution in [1.82, 2.24) is 10.6 Å². The molecule has 7 nitrogen and oxygen atoms in total. The molecule has 3 N–H and O–H groups in total. The first kappa shape index (κ1) is 23.7. The molecule has 33 heavy (non-hydrogen) atoms. The topological polar surface area (TPSA) is 105 Å². The lowest BCUT2D eigenvalue weighted by atomic mass is 9.98. The van der Waals surface area contributed by atoms with Gasteiger partial charge in [-0.25, -0.2) is 4.79 Å². The predicted octanol–water partition coefficient (Wildman–Crippen LogP) is 3.05. The zero-order chi connectivity index (χ0) is 24.0. The van der Waals surface area contributed by atoms with Gasteiger partial charge in [0, 0.05) is 5.92 Å². The number of carboxylic acids is 1. The molecule has 0 aliphatic heterocycles. The SMILES string of the molecule is O=C(O)CC(NC(=O)C#CCNC(=O)OCC1c2ccccc2-c2ccccc21)C(F)(F)F. The lowest BCUT2D eigenvalue weighted by Crippen LogP contribution is -2.46. The Morgan fingerprint density at radius 2 is 1.61 bits per heavy atom. The van der Waals surface area contributed by atoms with Gasteiger partial charge >= 0.3 is 18.2 Å². The first-order valence-corrected chi connectivity index (χ1v) is 9.83. The summed E-state index contributed by atoms with van der Waals surface area (Å²) in [4.78, 5) is 34.0. The molecule has 0 spiro atoms. The Kier molecular flexibility index (Phi) is 7.23. The Morgan fingerprint density at radius 1 is 1.03 bits per heavy atom. The molecular weight excluding hydrogens is 441 g/mol. The van der Waals surface area contributed by atoms with Gasteiger partial charge in [0.05, 0.1) is 13.0 Å². The van der Waals surface area contributed by atoms with Crippen molar-refractivity contribution < 1.29 is 37.4 Å². The number of halogens is 3. The zero-order valence-electron chi connectivity index (χ0n) is 17.1. The highest BCUT2D eigenvalue weighted by Gasteiger charge is 2.41. The summed E-state index contributed by atoms with van der Waals surface area (Å²) in [5.74, 6) is 0.894. The number of carboxylic acid groups (broad SMARTS) is 1. The molecule has 2 aromatic carbocycles. The Bertz CT molecular complexity index is 1080. The molecule has 0 heterocycles. The van der Waals surface area contributed by atoms with Crippen LogP contribution in [0, 0.1) is 11.8 Å². The Morgan fingerprint density at radius 3 is 2.15 bits per heavy atom. The molecule has 0 radical (unpaired) electrons. The number of carbonyl (C=O) groups excluding carboxylic acids is 2. The van der Waals surface area contributed by atoms with Crippen LogP contribution in [0.25, 0.3) is 11.1 Å². The molecule has 0 bridgehead atoms. The highest BCUT2D eigenvalue weighted by Crippen LogP contribution is 2.44. The number of aliphatic carboxylic acids is 1. The maximum atomic E-state index is 12.7. The number of benzene rings is 2. The van der Waals surface area contributed by atoms with E-state index in [-0.39, 0.29) is 19.1 Å². The summed E-state index contributed by atoms with van der Waals surface area (Å²) in [7, 11) is 0.